The van der Waals surface area contributed by atoms with E-state index in [0.717, 1.165) is 76.1 Å². The molecule has 2 aromatic rings. The molecular formula is C23H34N8O. The molecule has 1 saturated heterocycles. The summed E-state index contributed by atoms with van der Waals surface area (Å²) in [6.07, 6.45) is 5.46. The van der Waals surface area contributed by atoms with E-state index in [1.807, 2.05) is 30.3 Å². The molecule has 2 heterocycles. The number of nitrogens with one attached hydrogen (secondary N) is 3. The highest BCUT2D eigenvalue weighted by molar-refractivity contribution is 5.94. The number of guanidine groups is 1. The van der Waals surface area contributed by atoms with Gasteiger partial charge in [0.15, 0.2) is 5.96 Å². The fourth-order valence-corrected chi connectivity index (χ4v) is 3.69. The average Bonchev–Trinajstić information content (AvgIpc) is 2.86. The highest BCUT2D eigenvalue weighted by atomic mass is 16.1. The van der Waals surface area contributed by atoms with Crippen molar-refractivity contribution in [2.24, 2.45) is 4.99 Å². The van der Waals surface area contributed by atoms with Crippen LogP contribution in [0.3, 0.4) is 0 Å². The number of hydrogen-bond donors (Lipinski definition) is 3. The summed E-state index contributed by atoms with van der Waals surface area (Å²) >= 11 is 0. The molecule has 0 aliphatic carbocycles. The quantitative estimate of drug-likeness (QED) is 0.302. The molecule has 32 heavy (non-hydrogen) atoms. The van der Waals surface area contributed by atoms with Crippen LogP contribution in [0.1, 0.15) is 22.3 Å². The van der Waals surface area contributed by atoms with Crippen molar-refractivity contribution in [1.29, 1.82) is 0 Å². The van der Waals surface area contributed by atoms with Crippen molar-refractivity contribution in [2.75, 3.05) is 64.8 Å². The van der Waals surface area contributed by atoms with E-state index < -0.39 is 0 Å². The molecule has 1 aliphatic rings. The summed E-state index contributed by atoms with van der Waals surface area (Å²) in [6, 6.07) is 9.56. The maximum absolute atomic E-state index is 11.8. The van der Waals surface area contributed by atoms with E-state index in [1.165, 1.54) is 0 Å². The minimum absolute atomic E-state index is 0.0629. The maximum Gasteiger partial charge on any atom is 0.251 e. The predicted octanol–water partition coefficient (Wildman–Crippen LogP) is 0.756. The highest BCUT2D eigenvalue weighted by Crippen LogP contribution is 2.09. The monoisotopic (exact) mass is 438 g/mol. The Morgan fingerprint density at radius 1 is 1.06 bits per heavy atom. The first-order valence-electron chi connectivity index (χ1n) is 11.2. The van der Waals surface area contributed by atoms with Crippen LogP contribution in [0, 0.1) is 0 Å². The molecule has 0 atom stereocenters. The van der Waals surface area contributed by atoms with E-state index in [0.29, 0.717) is 5.56 Å². The van der Waals surface area contributed by atoms with Crippen LogP contribution in [0.4, 0.5) is 5.95 Å². The summed E-state index contributed by atoms with van der Waals surface area (Å²) < 4.78 is 0. The van der Waals surface area contributed by atoms with E-state index in [9.17, 15) is 4.79 Å². The summed E-state index contributed by atoms with van der Waals surface area (Å²) in [4.78, 5) is 29.5. The van der Waals surface area contributed by atoms with Gasteiger partial charge >= 0.3 is 0 Å². The van der Waals surface area contributed by atoms with Gasteiger partial charge in [-0.3, -0.25) is 14.7 Å². The van der Waals surface area contributed by atoms with Gasteiger partial charge in [0.2, 0.25) is 5.95 Å². The zero-order valence-electron chi connectivity index (χ0n) is 19.0. The number of nitrogens with zero attached hydrogens (tertiary/aromatic N) is 5. The number of hydrogen-bond acceptors (Lipinski definition) is 6. The lowest BCUT2D eigenvalue weighted by molar-refractivity contribution is 0.0963. The maximum atomic E-state index is 11.8. The van der Waals surface area contributed by atoms with E-state index in [2.05, 4.69) is 40.7 Å². The lowest BCUT2D eigenvalue weighted by Crippen LogP contribution is -2.47. The number of carbonyl (C=O) groups is 1. The summed E-state index contributed by atoms with van der Waals surface area (Å²) in [5.74, 6) is 1.56. The Bertz CT molecular complexity index is 865. The van der Waals surface area contributed by atoms with Gasteiger partial charge in [-0.05, 0) is 43.1 Å². The number of benzene rings is 1. The van der Waals surface area contributed by atoms with Crippen LogP contribution in [0.5, 0.6) is 0 Å². The molecule has 1 aliphatic heterocycles. The Morgan fingerprint density at radius 2 is 1.81 bits per heavy atom. The minimum atomic E-state index is -0.0629. The van der Waals surface area contributed by atoms with Gasteiger partial charge in [-0.15, -0.1) is 0 Å². The Kier molecular flexibility index (Phi) is 9.24. The van der Waals surface area contributed by atoms with E-state index in [1.54, 1.807) is 26.5 Å². The van der Waals surface area contributed by atoms with Crippen LogP contribution in [-0.2, 0) is 6.42 Å². The Hall–Kier alpha value is -3.20. The first-order valence-corrected chi connectivity index (χ1v) is 11.2. The molecule has 0 saturated carbocycles. The van der Waals surface area contributed by atoms with Crippen molar-refractivity contribution < 1.29 is 4.79 Å². The van der Waals surface area contributed by atoms with E-state index in [-0.39, 0.29) is 5.91 Å². The van der Waals surface area contributed by atoms with Crippen molar-refractivity contribution in [3.8, 4) is 0 Å². The summed E-state index contributed by atoms with van der Waals surface area (Å²) in [5, 5.41) is 9.39. The minimum Gasteiger partial charge on any atom is -0.356 e. The van der Waals surface area contributed by atoms with Gasteiger partial charge < -0.3 is 20.9 Å². The standard InChI is InChI=1S/C23H34N8O/c1-24-21(32)20-7-3-6-19(18-20)8-12-27-22(25-2)26-11-5-13-30-14-16-31(17-15-30)23-28-9-4-10-29-23/h3-4,6-7,9-10,18H,5,8,11-17H2,1-2H3,(H,24,32)(H2,25,26,27). The summed E-state index contributed by atoms with van der Waals surface area (Å²) in [6.45, 7) is 6.65. The number of rotatable bonds is 9. The predicted molar refractivity (Wildman–Crippen MR) is 128 cm³/mol. The third kappa shape index (κ3) is 7.19. The van der Waals surface area contributed by atoms with Gasteiger partial charge in [-0.1, -0.05) is 12.1 Å². The average molecular weight is 439 g/mol. The summed E-state index contributed by atoms with van der Waals surface area (Å²) in [5.41, 5.74) is 1.80. The van der Waals surface area contributed by atoms with Crippen molar-refractivity contribution >= 4 is 17.8 Å². The number of anilines is 1. The van der Waals surface area contributed by atoms with Crippen LogP contribution in [0.25, 0.3) is 0 Å². The van der Waals surface area contributed by atoms with E-state index >= 15 is 0 Å². The lowest BCUT2D eigenvalue weighted by atomic mass is 10.1. The number of piperazine rings is 1. The van der Waals surface area contributed by atoms with Gasteiger partial charge in [-0.25, -0.2) is 9.97 Å². The zero-order chi connectivity index (χ0) is 22.6. The molecule has 0 spiro atoms. The highest BCUT2D eigenvalue weighted by Gasteiger charge is 2.18. The molecule has 1 aromatic heterocycles. The van der Waals surface area contributed by atoms with Crippen LogP contribution >= 0.6 is 0 Å². The fourth-order valence-electron chi connectivity index (χ4n) is 3.69. The van der Waals surface area contributed by atoms with Crippen molar-refractivity contribution in [2.45, 2.75) is 12.8 Å². The fraction of sp³-hybridized carbons (Fsp3) is 0.478. The van der Waals surface area contributed by atoms with E-state index in [4.69, 9.17) is 0 Å². The summed E-state index contributed by atoms with van der Waals surface area (Å²) in [7, 11) is 3.43. The van der Waals surface area contributed by atoms with Crippen LogP contribution in [0.15, 0.2) is 47.7 Å². The second kappa shape index (κ2) is 12.6. The molecule has 1 aromatic carbocycles. The molecule has 172 valence electrons. The van der Waals surface area contributed by atoms with Crippen molar-refractivity contribution in [3.63, 3.8) is 0 Å². The third-order valence-corrected chi connectivity index (χ3v) is 5.50. The van der Waals surface area contributed by atoms with Crippen molar-refractivity contribution in [3.05, 3.63) is 53.9 Å². The van der Waals surface area contributed by atoms with Gasteiger partial charge in [0.1, 0.15) is 0 Å². The van der Waals surface area contributed by atoms with Gasteiger partial charge in [0.05, 0.1) is 0 Å². The number of aromatic nitrogens is 2. The molecule has 1 amide bonds. The number of aliphatic imine (C=N–C) groups is 1. The Labute approximate surface area is 190 Å². The van der Waals surface area contributed by atoms with Gasteiger partial charge in [0.25, 0.3) is 5.91 Å². The smallest absolute Gasteiger partial charge is 0.251 e. The van der Waals surface area contributed by atoms with Crippen LogP contribution in [0.2, 0.25) is 0 Å². The molecule has 0 unspecified atom stereocenters. The third-order valence-electron chi connectivity index (χ3n) is 5.50. The molecule has 0 radical (unpaired) electrons. The largest absolute Gasteiger partial charge is 0.356 e. The Morgan fingerprint density at radius 3 is 2.53 bits per heavy atom. The lowest BCUT2D eigenvalue weighted by Gasteiger charge is -2.34. The van der Waals surface area contributed by atoms with Gasteiger partial charge in [0, 0.05) is 71.3 Å². The molecule has 0 bridgehead atoms. The normalized spacial score (nSPS) is 14.8. The molecule has 1 fully saturated rings. The molecule has 3 N–H and O–H groups in total. The molecule has 9 nitrogen and oxygen atoms in total. The second-order valence-corrected chi connectivity index (χ2v) is 7.69. The first kappa shape index (κ1) is 23.5. The molecular weight excluding hydrogens is 404 g/mol. The van der Waals surface area contributed by atoms with Crippen LogP contribution in [-0.4, -0.2) is 86.6 Å². The topological polar surface area (TPSA) is 97.8 Å². The SMILES string of the molecule is CN=C(NCCCN1CCN(c2ncccn2)CC1)NCCc1cccc(C(=O)NC)c1. The van der Waals surface area contributed by atoms with Crippen LogP contribution < -0.4 is 20.9 Å². The van der Waals surface area contributed by atoms with Gasteiger partial charge in [-0.2, -0.15) is 0 Å². The second-order valence-electron chi connectivity index (χ2n) is 7.69. The first-order chi connectivity index (χ1) is 15.7. The zero-order valence-corrected chi connectivity index (χ0v) is 19.0. The molecule has 3 rings (SSSR count). The molecule has 9 heteroatoms. The number of amides is 1. The van der Waals surface area contributed by atoms with Crippen molar-refractivity contribution in [1.82, 2.24) is 30.8 Å². The Balaban J connectivity index is 1.30. The number of carbonyl (C=O) groups excluding carboxylic acids is 1.